The fraction of sp³-hybridized carbons (Fsp3) is 0.462. The van der Waals surface area contributed by atoms with Gasteiger partial charge in [-0.3, -0.25) is 4.79 Å². The fourth-order valence-corrected chi connectivity index (χ4v) is 3.23. The molecule has 0 aliphatic carbocycles. The van der Waals surface area contributed by atoms with E-state index in [-0.39, 0.29) is 6.54 Å². The molecule has 1 amide bonds. The van der Waals surface area contributed by atoms with Crippen LogP contribution in [-0.4, -0.2) is 30.7 Å². The minimum absolute atomic E-state index is 0.0268. The quantitative estimate of drug-likeness (QED) is 0.649. The second kappa shape index (κ2) is 6.42. The van der Waals surface area contributed by atoms with E-state index in [1.807, 2.05) is 0 Å². The highest BCUT2D eigenvalue weighted by Crippen LogP contribution is 2.16. The molecule has 0 heterocycles. The monoisotopic (exact) mass is 314 g/mol. The second-order valence-corrected chi connectivity index (χ2v) is 7.46. The van der Waals surface area contributed by atoms with Crippen molar-refractivity contribution in [1.82, 2.24) is 9.03 Å². The predicted molar refractivity (Wildman–Crippen MR) is 82.3 cm³/mol. The summed E-state index contributed by atoms with van der Waals surface area (Å²) in [6.45, 7) is 4.69. The van der Waals surface area contributed by atoms with Crippen LogP contribution in [0.2, 0.25) is 0 Å². The summed E-state index contributed by atoms with van der Waals surface area (Å²) >= 11 is 0. The van der Waals surface area contributed by atoms with Gasteiger partial charge in [0.15, 0.2) is 0 Å². The summed E-state index contributed by atoms with van der Waals surface area (Å²) in [4.78, 5) is 11.2. The van der Waals surface area contributed by atoms with Crippen LogP contribution < -0.4 is 16.2 Å². The van der Waals surface area contributed by atoms with E-state index in [0.717, 1.165) is 4.31 Å². The maximum Gasteiger partial charge on any atom is 0.280 e. The second-order valence-electron chi connectivity index (χ2n) is 5.79. The van der Waals surface area contributed by atoms with E-state index in [1.54, 1.807) is 45.0 Å². The minimum atomic E-state index is -3.86. The van der Waals surface area contributed by atoms with Crippen LogP contribution >= 0.6 is 0 Å². The van der Waals surface area contributed by atoms with E-state index in [2.05, 4.69) is 4.72 Å². The van der Waals surface area contributed by atoms with Gasteiger partial charge in [0.2, 0.25) is 5.91 Å². The van der Waals surface area contributed by atoms with Crippen molar-refractivity contribution in [3.05, 3.63) is 29.8 Å². The number of carbonyl (C=O) groups excluding carboxylic acids is 1. The Morgan fingerprint density at radius 1 is 1.29 bits per heavy atom. The number of rotatable bonds is 6. The first-order valence-electron chi connectivity index (χ1n) is 6.42. The highest BCUT2D eigenvalue weighted by atomic mass is 32.2. The third kappa shape index (κ3) is 5.70. The van der Waals surface area contributed by atoms with E-state index in [9.17, 15) is 13.2 Å². The average molecular weight is 314 g/mol. The lowest BCUT2D eigenvalue weighted by Gasteiger charge is -2.27. The van der Waals surface area contributed by atoms with Gasteiger partial charge < -0.3 is 11.5 Å². The van der Waals surface area contributed by atoms with Crippen LogP contribution in [0.4, 0.5) is 5.69 Å². The fourth-order valence-electron chi connectivity index (χ4n) is 1.72. The number of anilines is 1. The first-order valence-corrected chi connectivity index (χ1v) is 7.86. The zero-order valence-electron chi connectivity index (χ0n) is 12.5. The number of carbonyl (C=O) groups is 1. The van der Waals surface area contributed by atoms with Crippen LogP contribution in [0.5, 0.6) is 0 Å². The molecular formula is C13H22N4O3S. The molecule has 0 radical (unpaired) electrons. The number of primary amides is 1. The molecule has 7 nitrogen and oxygen atoms in total. The number of amides is 1. The standard InChI is InChI=1S/C13H22N4O3S/c1-13(2,3)16-21(19,20)17(9-12(15)18)8-10-6-4-5-7-11(10)14/h4-7,16H,8-9,14H2,1-3H3,(H2,15,18). The predicted octanol–water partition coefficient (Wildman–Crippen LogP) is 0.189. The number of nitrogens with one attached hydrogen (secondary N) is 1. The number of nitrogens with two attached hydrogens (primary N) is 2. The van der Waals surface area contributed by atoms with E-state index >= 15 is 0 Å². The number of nitrogens with zero attached hydrogens (tertiary/aromatic N) is 1. The van der Waals surface area contributed by atoms with Crippen molar-refractivity contribution >= 4 is 21.8 Å². The maximum atomic E-state index is 12.4. The van der Waals surface area contributed by atoms with Gasteiger partial charge in [-0.15, -0.1) is 0 Å². The van der Waals surface area contributed by atoms with Crippen molar-refractivity contribution < 1.29 is 13.2 Å². The molecule has 1 rings (SSSR count). The molecule has 1 aromatic carbocycles. The lowest BCUT2D eigenvalue weighted by atomic mass is 10.1. The smallest absolute Gasteiger partial charge is 0.280 e. The summed E-state index contributed by atoms with van der Waals surface area (Å²) in [5.74, 6) is -0.733. The molecule has 0 spiro atoms. The lowest BCUT2D eigenvalue weighted by molar-refractivity contribution is -0.118. The summed E-state index contributed by atoms with van der Waals surface area (Å²) < 4.78 is 28.2. The summed E-state index contributed by atoms with van der Waals surface area (Å²) in [5, 5.41) is 0. The normalized spacial score (nSPS) is 12.6. The molecular weight excluding hydrogens is 292 g/mol. The van der Waals surface area contributed by atoms with Gasteiger partial charge in [0.25, 0.3) is 10.2 Å². The van der Waals surface area contributed by atoms with Gasteiger partial charge in [0, 0.05) is 17.8 Å². The summed E-state index contributed by atoms with van der Waals surface area (Å²) in [7, 11) is -3.86. The van der Waals surface area contributed by atoms with Crippen molar-refractivity contribution in [3.8, 4) is 0 Å². The molecule has 0 unspecified atom stereocenters. The van der Waals surface area contributed by atoms with Gasteiger partial charge in [0.05, 0.1) is 6.54 Å². The van der Waals surface area contributed by atoms with Gasteiger partial charge in [-0.2, -0.15) is 17.4 Å². The van der Waals surface area contributed by atoms with Crippen molar-refractivity contribution in [1.29, 1.82) is 0 Å². The molecule has 0 aliphatic heterocycles. The number of hydrogen-bond acceptors (Lipinski definition) is 4. The Morgan fingerprint density at radius 2 is 1.86 bits per heavy atom. The van der Waals surface area contributed by atoms with Crippen molar-refractivity contribution in [2.45, 2.75) is 32.9 Å². The maximum absolute atomic E-state index is 12.4. The van der Waals surface area contributed by atoms with Gasteiger partial charge in [0.1, 0.15) is 0 Å². The molecule has 0 bridgehead atoms. The molecule has 0 atom stereocenters. The van der Waals surface area contributed by atoms with Crippen molar-refractivity contribution in [2.24, 2.45) is 5.73 Å². The Labute approximate surface area is 125 Å². The lowest BCUT2D eigenvalue weighted by Crippen LogP contribution is -2.50. The van der Waals surface area contributed by atoms with Crippen LogP contribution in [0.3, 0.4) is 0 Å². The number of hydrogen-bond donors (Lipinski definition) is 3. The highest BCUT2D eigenvalue weighted by Gasteiger charge is 2.28. The number of benzene rings is 1. The Balaban J connectivity index is 3.06. The average Bonchev–Trinajstić information content (AvgIpc) is 2.27. The van der Waals surface area contributed by atoms with E-state index < -0.39 is 28.2 Å². The van der Waals surface area contributed by atoms with Crippen molar-refractivity contribution in [3.63, 3.8) is 0 Å². The summed E-state index contributed by atoms with van der Waals surface area (Å²) in [6, 6.07) is 6.87. The molecule has 21 heavy (non-hydrogen) atoms. The molecule has 0 fully saturated rings. The van der Waals surface area contributed by atoms with Crippen LogP contribution in [0, 0.1) is 0 Å². The van der Waals surface area contributed by atoms with E-state index in [1.165, 1.54) is 0 Å². The summed E-state index contributed by atoms with van der Waals surface area (Å²) in [5.41, 5.74) is 11.3. The number of nitrogen functional groups attached to an aromatic ring is 1. The van der Waals surface area contributed by atoms with E-state index in [4.69, 9.17) is 11.5 Å². The Hall–Kier alpha value is -1.64. The zero-order chi connectivity index (χ0) is 16.3. The first kappa shape index (κ1) is 17.4. The van der Waals surface area contributed by atoms with Crippen LogP contribution in [0.1, 0.15) is 26.3 Å². The van der Waals surface area contributed by atoms with Crippen molar-refractivity contribution in [2.75, 3.05) is 12.3 Å². The molecule has 1 aromatic rings. The molecule has 0 aliphatic rings. The molecule has 118 valence electrons. The third-order valence-corrected chi connectivity index (χ3v) is 4.32. The zero-order valence-corrected chi connectivity index (χ0v) is 13.3. The van der Waals surface area contributed by atoms with Gasteiger partial charge in [-0.05, 0) is 32.4 Å². The SMILES string of the molecule is CC(C)(C)NS(=O)(=O)N(CC(N)=O)Cc1ccccc1N. The summed E-state index contributed by atoms with van der Waals surface area (Å²) in [6.07, 6.45) is 0. The highest BCUT2D eigenvalue weighted by molar-refractivity contribution is 7.87. The first-order chi connectivity index (χ1) is 9.51. The Kier molecular flexibility index (Phi) is 5.32. The third-order valence-electron chi connectivity index (χ3n) is 2.51. The largest absolute Gasteiger partial charge is 0.398 e. The van der Waals surface area contributed by atoms with Gasteiger partial charge in [-0.1, -0.05) is 18.2 Å². The van der Waals surface area contributed by atoms with Crippen LogP contribution in [-0.2, 0) is 21.5 Å². The van der Waals surface area contributed by atoms with Gasteiger partial charge >= 0.3 is 0 Å². The molecule has 5 N–H and O–H groups in total. The molecule has 0 saturated carbocycles. The Bertz CT molecular complexity index is 608. The van der Waals surface area contributed by atoms with Crippen LogP contribution in [0.25, 0.3) is 0 Å². The topological polar surface area (TPSA) is 119 Å². The van der Waals surface area contributed by atoms with Gasteiger partial charge in [-0.25, -0.2) is 0 Å². The minimum Gasteiger partial charge on any atom is -0.398 e. The van der Waals surface area contributed by atoms with Crippen LogP contribution in [0.15, 0.2) is 24.3 Å². The molecule has 0 saturated heterocycles. The molecule has 0 aromatic heterocycles. The van der Waals surface area contributed by atoms with E-state index in [0.29, 0.717) is 11.3 Å². The Morgan fingerprint density at radius 3 is 2.33 bits per heavy atom. The number of para-hydroxylation sites is 1. The molecule has 8 heteroatoms.